The number of hydrogen-bond donors (Lipinski definition) is 1. The van der Waals surface area contributed by atoms with E-state index >= 15 is 0 Å². The number of hydrazone groups is 1. The van der Waals surface area contributed by atoms with Crippen molar-refractivity contribution in [2.45, 2.75) is 6.92 Å². The number of benzene rings is 1. The Kier molecular flexibility index (Phi) is 4.44. The number of halogens is 2. The highest BCUT2D eigenvalue weighted by molar-refractivity contribution is 9.11. The number of carbonyl (C=O) groups excluding carboxylic acids is 1. The summed E-state index contributed by atoms with van der Waals surface area (Å²) >= 11 is 4.86. The monoisotopic (exact) mass is 340 g/mol. The van der Waals surface area contributed by atoms with Gasteiger partial charge in [-0.1, -0.05) is 12.1 Å². The summed E-state index contributed by atoms with van der Waals surface area (Å²) in [5.74, 6) is -1.13. The molecule has 0 fully saturated rings. The number of nitrogens with zero attached hydrogens (tertiary/aromatic N) is 1. The average Bonchev–Trinajstić information content (AvgIpc) is 2.83. The number of amides is 1. The SMILES string of the molecule is C/C(=N/NC(=O)c1ccccc1F)c1ccc(Br)s1. The number of rotatable bonds is 3. The molecule has 3 nitrogen and oxygen atoms in total. The third-order valence-electron chi connectivity index (χ3n) is 2.37. The molecule has 2 aromatic rings. The molecular weight excluding hydrogens is 331 g/mol. The summed E-state index contributed by atoms with van der Waals surface area (Å²) in [7, 11) is 0. The molecule has 0 atom stereocenters. The highest BCUT2D eigenvalue weighted by atomic mass is 79.9. The first-order valence-electron chi connectivity index (χ1n) is 5.43. The van der Waals surface area contributed by atoms with E-state index in [9.17, 15) is 9.18 Å². The number of thiophene rings is 1. The van der Waals surface area contributed by atoms with Crippen molar-refractivity contribution in [3.05, 3.63) is 56.4 Å². The Morgan fingerprint density at radius 2 is 2.05 bits per heavy atom. The number of carbonyl (C=O) groups is 1. The van der Waals surface area contributed by atoms with E-state index in [1.807, 2.05) is 12.1 Å². The van der Waals surface area contributed by atoms with Crippen LogP contribution < -0.4 is 5.43 Å². The minimum absolute atomic E-state index is 0.0218. The van der Waals surface area contributed by atoms with Crippen LogP contribution in [0.25, 0.3) is 0 Å². The summed E-state index contributed by atoms with van der Waals surface area (Å²) in [6.07, 6.45) is 0. The Balaban J connectivity index is 2.10. The Morgan fingerprint density at radius 3 is 2.68 bits per heavy atom. The number of hydrogen-bond acceptors (Lipinski definition) is 3. The van der Waals surface area contributed by atoms with E-state index in [1.165, 1.54) is 29.5 Å². The van der Waals surface area contributed by atoms with Crippen molar-refractivity contribution in [2.24, 2.45) is 5.10 Å². The van der Waals surface area contributed by atoms with E-state index in [2.05, 4.69) is 26.5 Å². The summed E-state index contributed by atoms with van der Waals surface area (Å²) < 4.78 is 14.4. The average molecular weight is 341 g/mol. The highest BCUT2D eigenvalue weighted by Gasteiger charge is 2.10. The molecule has 0 unspecified atom stereocenters. The third-order valence-corrected chi connectivity index (χ3v) is 4.11. The van der Waals surface area contributed by atoms with Crippen LogP contribution in [-0.4, -0.2) is 11.6 Å². The van der Waals surface area contributed by atoms with Crippen molar-refractivity contribution in [2.75, 3.05) is 0 Å². The predicted octanol–water partition coefficient (Wildman–Crippen LogP) is 3.80. The predicted molar refractivity (Wildman–Crippen MR) is 78.1 cm³/mol. The second-order valence-corrected chi connectivity index (χ2v) is 6.18. The van der Waals surface area contributed by atoms with Gasteiger partial charge in [0.15, 0.2) is 0 Å². The van der Waals surface area contributed by atoms with Crippen LogP contribution in [0.1, 0.15) is 22.2 Å². The van der Waals surface area contributed by atoms with Crippen LogP contribution in [0.4, 0.5) is 4.39 Å². The molecule has 0 saturated carbocycles. The zero-order valence-corrected chi connectivity index (χ0v) is 12.4. The molecule has 0 aliphatic rings. The van der Waals surface area contributed by atoms with Gasteiger partial charge >= 0.3 is 0 Å². The largest absolute Gasteiger partial charge is 0.274 e. The Hall–Kier alpha value is -1.53. The quantitative estimate of drug-likeness (QED) is 0.670. The lowest BCUT2D eigenvalue weighted by Gasteiger charge is -2.02. The molecule has 1 aromatic carbocycles. The van der Waals surface area contributed by atoms with E-state index in [1.54, 1.807) is 13.0 Å². The standard InChI is InChI=1S/C13H10BrFN2OS/c1-8(11-6-7-12(14)19-11)16-17-13(18)9-4-2-3-5-10(9)15/h2-7H,1H3,(H,17,18)/b16-8-. The molecule has 0 aliphatic carbocycles. The van der Waals surface area contributed by atoms with Crippen molar-refractivity contribution in [1.29, 1.82) is 0 Å². The van der Waals surface area contributed by atoms with E-state index in [0.717, 1.165) is 8.66 Å². The first-order chi connectivity index (χ1) is 9.08. The molecule has 0 radical (unpaired) electrons. The van der Waals surface area contributed by atoms with Gasteiger partial charge in [0.1, 0.15) is 5.82 Å². The van der Waals surface area contributed by atoms with Crippen LogP contribution >= 0.6 is 27.3 Å². The minimum Gasteiger partial charge on any atom is -0.267 e. The van der Waals surface area contributed by atoms with Crippen molar-refractivity contribution in [1.82, 2.24) is 5.43 Å². The van der Waals surface area contributed by atoms with Gasteiger partial charge in [-0.3, -0.25) is 4.79 Å². The first kappa shape index (κ1) is 13.9. The van der Waals surface area contributed by atoms with Crippen LogP contribution in [-0.2, 0) is 0 Å². The fourth-order valence-electron chi connectivity index (χ4n) is 1.40. The molecule has 98 valence electrons. The fraction of sp³-hybridized carbons (Fsp3) is 0.0769. The summed E-state index contributed by atoms with van der Waals surface area (Å²) in [5.41, 5.74) is 2.99. The lowest BCUT2D eigenvalue weighted by atomic mass is 10.2. The van der Waals surface area contributed by atoms with Crippen LogP contribution in [0, 0.1) is 5.82 Å². The maximum Gasteiger partial charge on any atom is 0.274 e. The van der Waals surface area contributed by atoms with Crippen LogP contribution in [0.3, 0.4) is 0 Å². The molecule has 0 aliphatic heterocycles. The molecule has 0 spiro atoms. The van der Waals surface area contributed by atoms with Gasteiger partial charge < -0.3 is 0 Å². The molecule has 1 amide bonds. The molecule has 0 saturated heterocycles. The maximum absolute atomic E-state index is 13.4. The van der Waals surface area contributed by atoms with E-state index in [4.69, 9.17) is 0 Å². The molecule has 1 N–H and O–H groups in total. The minimum atomic E-state index is -0.563. The molecule has 6 heteroatoms. The van der Waals surface area contributed by atoms with Crippen molar-refractivity contribution in [3.8, 4) is 0 Å². The number of nitrogens with one attached hydrogen (secondary N) is 1. The van der Waals surface area contributed by atoms with Gasteiger partial charge in [-0.15, -0.1) is 11.3 Å². The molecule has 0 bridgehead atoms. The van der Waals surface area contributed by atoms with Crippen LogP contribution in [0.5, 0.6) is 0 Å². The van der Waals surface area contributed by atoms with E-state index < -0.39 is 11.7 Å². The molecule has 1 heterocycles. The second-order valence-electron chi connectivity index (χ2n) is 3.72. The Labute approximate surface area is 122 Å². The molecule has 1 aromatic heterocycles. The van der Waals surface area contributed by atoms with Crippen molar-refractivity contribution in [3.63, 3.8) is 0 Å². The highest BCUT2D eigenvalue weighted by Crippen LogP contribution is 2.22. The summed E-state index contributed by atoms with van der Waals surface area (Å²) in [4.78, 5) is 12.7. The summed E-state index contributed by atoms with van der Waals surface area (Å²) in [5, 5.41) is 3.97. The topological polar surface area (TPSA) is 41.5 Å². The first-order valence-corrected chi connectivity index (χ1v) is 7.04. The molecule has 2 rings (SSSR count). The van der Waals surface area contributed by atoms with E-state index in [-0.39, 0.29) is 5.56 Å². The van der Waals surface area contributed by atoms with Crippen molar-refractivity contribution >= 4 is 38.9 Å². The maximum atomic E-state index is 13.4. The van der Waals surface area contributed by atoms with Gasteiger partial charge in [-0.05, 0) is 47.1 Å². The van der Waals surface area contributed by atoms with Gasteiger partial charge in [0, 0.05) is 0 Å². The zero-order chi connectivity index (χ0) is 13.8. The van der Waals surface area contributed by atoms with Crippen LogP contribution in [0.15, 0.2) is 45.3 Å². The van der Waals surface area contributed by atoms with Gasteiger partial charge in [0.05, 0.1) is 19.9 Å². The molecular formula is C13H10BrFN2OS. The Bertz CT molecular complexity index is 639. The van der Waals surface area contributed by atoms with Crippen LogP contribution in [0.2, 0.25) is 0 Å². The zero-order valence-electron chi connectivity index (χ0n) is 9.98. The normalized spacial score (nSPS) is 11.4. The lowest BCUT2D eigenvalue weighted by molar-refractivity contribution is 0.0951. The Morgan fingerprint density at radius 1 is 1.32 bits per heavy atom. The second kappa shape index (κ2) is 6.08. The van der Waals surface area contributed by atoms with Gasteiger partial charge in [-0.2, -0.15) is 5.10 Å². The van der Waals surface area contributed by atoms with E-state index in [0.29, 0.717) is 5.71 Å². The smallest absolute Gasteiger partial charge is 0.267 e. The lowest BCUT2D eigenvalue weighted by Crippen LogP contribution is -2.20. The third kappa shape index (κ3) is 3.48. The summed E-state index contributed by atoms with van der Waals surface area (Å²) in [6.45, 7) is 1.78. The van der Waals surface area contributed by atoms with Gasteiger partial charge in [0.25, 0.3) is 5.91 Å². The fourth-order valence-corrected chi connectivity index (χ4v) is 2.73. The summed E-state index contributed by atoms with van der Waals surface area (Å²) in [6, 6.07) is 9.58. The van der Waals surface area contributed by atoms with Gasteiger partial charge in [0.2, 0.25) is 0 Å². The van der Waals surface area contributed by atoms with Crippen molar-refractivity contribution < 1.29 is 9.18 Å². The molecule has 19 heavy (non-hydrogen) atoms. The van der Waals surface area contributed by atoms with Gasteiger partial charge in [-0.25, -0.2) is 9.82 Å².